The summed E-state index contributed by atoms with van der Waals surface area (Å²) in [5.41, 5.74) is -0.210. The molecule has 5 nitrogen and oxygen atoms in total. The summed E-state index contributed by atoms with van der Waals surface area (Å²) < 4.78 is 37.1. The summed E-state index contributed by atoms with van der Waals surface area (Å²) in [6, 6.07) is 6.97. The maximum absolute atomic E-state index is 13.3. The molecule has 1 aliphatic heterocycles. The van der Waals surface area contributed by atoms with Crippen molar-refractivity contribution in [3.63, 3.8) is 0 Å². The molecule has 0 saturated carbocycles. The molecule has 1 aliphatic rings. The summed E-state index contributed by atoms with van der Waals surface area (Å²) in [5, 5.41) is 8.36. The normalized spacial score (nSPS) is 15.2. The molecule has 0 spiro atoms. The van der Waals surface area contributed by atoms with E-state index in [2.05, 4.69) is 6.07 Å². The van der Waals surface area contributed by atoms with Gasteiger partial charge in [0.25, 0.3) is 0 Å². The Hall–Kier alpha value is -1.74. The van der Waals surface area contributed by atoms with Crippen molar-refractivity contribution >= 4 is 9.84 Å². The molecule has 1 atom stereocenters. The Morgan fingerprint density at radius 3 is 2.56 bits per heavy atom. The molecule has 1 aromatic carbocycles. The lowest BCUT2D eigenvalue weighted by Crippen LogP contribution is -2.29. The van der Waals surface area contributed by atoms with Gasteiger partial charge in [-0.25, -0.2) is 8.42 Å². The van der Waals surface area contributed by atoms with Gasteiger partial charge >= 0.3 is 0 Å². The molecule has 1 unspecified atom stereocenters. The van der Waals surface area contributed by atoms with Gasteiger partial charge in [0.05, 0.1) is 16.2 Å². The minimum absolute atomic E-state index is 0.120. The molecule has 138 valence electrons. The molecule has 2 rings (SSSR count). The predicted molar refractivity (Wildman–Crippen MR) is 96.2 cm³/mol. The van der Waals surface area contributed by atoms with Crippen LogP contribution in [0, 0.1) is 22.7 Å². The molecule has 0 bridgehead atoms. The zero-order chi connectivity index (χ0) is 18.7. The van der Waals surface area contributed by atoms with E-state index in [0.717, 1.165) is 0 Å². The fourth-order valence-corrected chi connectivity index (χ4v) is 5.43. The first kappa shape index (κ1) is 19.6. The molecule has 25 heavy (non-hydrogen) atoms. The molecule has 0 amide bonds. The average molecular weight is 365 g/mol. The molecule has 0 aliphatic carbocycles. The van der Waals surface area contributed by atoms with Crippen molar-refractivity contribution in [3.8, 4) is 17.6 Å². The minimum Gasteiger partial charge on any atom is -0.454 e. The Bertz CT molecular complexity index is 747. The third kappa shape index (κ3) is 4.88. The number of hydrogen-bond donors (Lipinski definition) is 0. The Labute approximate surface area is 150 Å². The highest BCUT2D eigenvalue weighted by Crippen LogP contribution is 2.38. The first-order valence-corrected chi connectivity index (χ1v) is 10.2. The lowest BCUT2D eigenvalue weighted by atomic mass is 9.82. The van der Waals surface area contributed by atoms with Crippen molar-refractivity contribution in [1.82, 2.24) is 0 Å². The van der Waals surface area contributed by atoms with Crippen molar-refractivity contribution in [2.75, 3.05) is 6.79 Å². The van der Waals surface area contributed by atoms with Crippen molar-refractivity contribution < 1.29 is 17.9 Å². The Balaban J connectivity index is 2.30. The van der Waals surface area contributed by atoms with Crippen LogP contribution in [0.2, 0.25) is 0 Å². The molecule has 1 heterocycles. The van der Waals surface area contributed by atoms with Crippen molar-refractivity contribution in [2.24, 2.45) is 11.3 Å². The third-order valence-electron chi connectivity index (χ3n) is 4.54. The highest BCUT2D eigenvalue weighted by molar-refractivity contribution is 7.92. The lowest BCUT2D eigenvalue weighted by molar-refractivity contribution is 0.174. The maximum Gasteiger partial charge on any atom is 0.231 e. The lowest BCUT2D eigenvalue weighted by Gasteiger charge is -2.30. The first-order chi connectivity index (χ1) is 11.7. The van der Waals surface area contributed by atoms with E-state index >= 15 is 0 Å². The smallest absolute Gasteiger partial charge is 0.231 e. The first-order valence-electron chi connectivity index (χ1n) is 8.66. The number of rotatable bonds is 8. The van der Waals surface area contributed by atoms with Gasteiger partial charge in [-0.05, 0) is 42.7 Å². The van der Waals surface area contributed by atoms with Gasteiger partial charge in [0, 0.05) is 12.5 Å². The second-order valence-corrected chi connectivity index (χ2v) is 10.1. The van der Waals surface area contributed by atoms with Crippen LogP contribution < -0.4 is 9.47 Å². The van der Waals surface area contributed by atoms with Crippen LogP contribution in [0.3, 0.4) is 0 Å². The number of benzene rings is 1. The van der Waals surface area contributed by atoms with Gasteiger partial charge in [0.1, 0.15) is 0 Å². The van der Waals surface area contributed by atoms with Crippen molar-refractivity contribution in [1.29, 1.82) is 5.26 Å². The van der Waals surface area contributed by atoms with Crippen LogP contribution in [0.15, 0.2) is 23.1 Å². The fraction of sp³-hybridized carbons (Fsp3) is 0.632. The number of hydrogen-bond acceptors (Lipinski definition) is 5. The maximum atomic E-state index is 13.3. The summed E-state index contributed by atoms with van der Waals surface area (Å²) in [7, 11) is -3.49. The van der Waals surface area contributed by atoms with E-state index in [4.69, 9.17) is 14.7 Å². The largest absolute Gasteiger partial charge is 0.454 e. The van der Waals surface area contributed by atoms with E-state index in [-0.39, 0.29) is 23.0 Å². The highest BCUT2D eigenvalue weighted by Gasteiger charge is 2.34. The molecule has 0 saturated heterocycles. The quantitative estimate of drug-likeness (QED) is 0.685. The van der Waals surface area contributed by atoms with E-state index in [1.165, 1.54) is 0 Å². The van der Waals surface area contributed by atoms with Gasteiger partial charge in [-0.3, -0.25) is 0 Å². The topological polar surface area (TPSA) is 76.4 Å². The summed E-state index contributed by atoms with van der Waals surface area (Å²) >= 11 is 0. The molecular weight excluding hydrogens is 338 g/mol. The van der Waals surface area contributed by atoms with E-state index in [9.17, 15) is 8.42 Å². The number of fused-ring (bicyclic) bond motifs is 1. The van der Waals surface area contributed by atoms with Crippen LogP contribution in [-0.4, -0.2) is 20.5 Å². The minimum atomic E-state index is -3.49. The SMILES string of the molecule is CC(C)CC(CC(C)(C)CCC#N)S(=O)(=O)c1ccc2c(c1)OCO2. The van der Waals surface area contributed by atoms with Gasteiger partial charge in [-0.15, -0.1) is 0 Å². The van der Waals surface area contributed by atoms with Gasteiger partial charge in [0.15, 0.2) is 21.3 Å². The molecule has 0 N–H and O–H groups in total. The van der Waals surface area contributed by atoms with Crippen LogP contribution in [0.4, 0.5) is 0 Å². The second-order valence-electron chi connectivity index (χ2n) is 7.84. The predicted octanol–water partition coefficient (Wildman–Crippen LogP) is 4.32. The summed E-state index contributed by atoms with van der Waals surface area (Å²) in [4.78, 5) is 0.276. The summed E-state index contributed by atoms with van der Waals surface area (Å²) in [6.07, 6.45) is 2.25. The average Bonchev–Trinajstić information content (AvgIpc) is 2.99. The molecular formula is C19H27NO4S. The van der Waals surface area contributed by atoms with Gasteiger partial charge in [-0.2, -0.15) is 5.26 Å². The van der Waals surface area contributed by atoms with E-state index in [1.807, 2.05) is 27.7 Å². The van der Waals surface area contributed by atoms with Crippen LogP contribution in [0.25, 0.3) is 0 Å². The van der Waals surface area contributed by atoms with Crippen LogP contribution in [0.5, 0.6) is 11.5 Å². The number of sulfone groups is 1. The third-order valence-corrected chi connectivity index (χ3v) is 6.69. The molecule has 0 fully saturated rings. The summed E-state index contributed by atoms with van der Waals surface area (Å²) in [6.45, 7) is 8.25. The zero-order valence-electron chi connectivity index (χ0n) is 15.4. The Morgan fingerprint density at radius 1 is 1.24 bits per heavy atom. The number of nitriles is 1. The van der Waals surface area contributed by atoms with Gasteiger partial charge in [-0.1, -0.05) is 27.7 Å². The molecule has 0 aromatic heterocycles. The summed E-state index contributed by atoms with van der Waals surface area (Å²) in [5.74, 6) is 1.32. The number of nitrogens with zero attached hydrogens (tertiary/aromatic N) is 1. The van der Waals surface area contributed by atoms with Crippen molar-refractivity contribution in [3.05, 3.63) is 18.2 Å². The monoisotopic (exact) mass is 365 g/mol. The van der Waals surface area contributed by atoms with Crippen LogP contribution in [-0.2, 0) is 9.84 Å². The highest BCUT2D eigenvalue weighted by atomic mass is 32.2. The molecule has 6 heteroatoms. The molecule has 0 radical (unpaired) electrons. The van der Waals surface area contributed by atoms with Crippen molar-refractivity contribution in [2.45, 2.75) is 63.5 Å². The van der Waals surface area contributed by atoms with Crippen LogP contribution >= 0.6 is 0 Å². The molecule has 1 aromatic rings. The van der Waals surface area contributed by atoms with Gasteiger partial charge < -0.3 is 9.47 Å². The number of ether oxygens (including phenoxy) is 2. The standard InChI is InChI=1S/C19H27NO4S/c1-14(2)10-16(12-19(3,4)8-5-9-20)25(21,22)15-6-7-17-18(11-15)24-13-23-17/h6-7,11,14,16H,5,8,10,12-13H2,1-4H3. The Morgan fingerprint density at radius 2 is 1.92 bits per heavy atom. The van der Waals surface area contributed by atoms with Crippen LogP contribution in [0.1, 0.15) is 53.4 Å². The van der Waals surface area contributed by atoms with E-state index < -0.39 is 15.1 Å². The second kappa shape index (κ2) is 7.65. The van der Waals surface area contributed by atoms with Gasteiger partial charge in [0.2, 0.25) is 6.79 Å². The fourth-order valence-electron chi connectivity index (χ4n) is 3.20. The van der Waals surface area contributed by atoms with E-state index in [0.29, 0.717) is 37.2 Å². The zero-order valence-corrected chi connectivity index (χ0v) is 16.2. The van der Waals surface area contributed by atoms with E-state index in [1.54, 1.807) is 18.2 Å². The Kier molecular flexibility index (Phi) is 5.99.